The van der Waals surface area contributed by atoms with Crippen LogP contribution in [0.5, 0.6) is 0 Å². The number of fused-ring (bicyclic) bond motifs is 1. The number of hydrogen-bond acceptors (Lipinski definition) is 4. The SMILES string of the molecule is CC(N[C@H](C)c1cccc2ccccc12)C1CCN(c2cccc(C(=O)O)n2)CC1c1ccccc1. The van der Waals surface area contributed by atoms with Gasteiger partial charge in [-0.05, 0) is 60.2 Å². The van der Waals surface area contributed by atoms with E-state index in [2.05, 4.69) is 102 Å². The number of aromatic carboxylic acids is 1. The van der Waals surface area contributed by atoms with Crippen LogP contribution in [0.15, 0.2) is 91.0 Å². The van der Waals surface area contributed by atoms with E-state index in [1.807, 2.05) is 6.07 Å². The molecule has 2 heterocycles. The van der Waals surface area contributed by atoms with Crippen LogP contribution in [0.25, 0.3) is 10.8 Å². The van der Waals surface area contributed by atoms with Crippen LogP contribution in [0, 0.1) is 5.92 Å². The average molecular weight is 480 g/mol. The van der Waals surface area contributed by atoms with Gasteiger partial charge in [-0.1, -0.05) is 78.9 Å². The van der Waals surface area contributed by atoms with Crippen LogP contribution in [0.2, 0.25) is 0 Å². The lowest BCUT2D eigenvalue weighted by Crippen LogP contribution is -2.47. The number of nitrogens with one attached hydrogen (secondary N) is 1. The van der Waals surface area contributed by atoms with Crippen LogP contribution in [0.4, 0.5) is 5.82 Å². The summed E-state index contributed by atoms with van der Waals surface area (Å²) in [5, 5.41) is 15.9. The lowest BCUT2D eigenvalue weighted by molar-refractivity contribution is 0.0690. The standard InChI is InChI=1S/C31H33N3O2/c1-21(25-15-8-13-23-12-6-7-14-27(23)25)32-22(2)26-18-19-34(20-28(26)24-10-4-3-5-11-24)30-17-9-16-29(33-30)31(35)36/h3-17,21-22,26,28,32H,18-20H2,1-2H3,(H,35,36)/t21-,22?,26?,28?/m1/s1. The fraction of sp³-hybridized carbons (Fsp3) is 0.290. The maximum Gasteiger partial charge on any atom is 0.354 e. The second-order valence-corrected chi connectivity index (χ2v) is 9.85. The molecule has 36 heavy (non-hydrogen) atoms. The Labute approximate surface area is 212 Å². The van der Waals surface area contributed by atoms with E-state index in [4.69, 9.17) is 0 Å². The molecule has 4 aromatic rings. The first kappa shape index (κ1) is 24.0. The summed E-state index contributed by atoms with van der Waals surface area (Å²) in [5.41, 5.74) is 2.72. The van der Waals surface area contributed by atoms with Gasteiger partial charge in [0.25, 0.3) is 0 Å². The number of anilines is 1. The molecule has 5 heteroatoms. The highest BCUT2D eigenvalue weighted by atomic mass is 16.4. The van der Waals surface area contributed by atoms with Gasteiger partial charge < -0.3 is 15.3 Å². The highest BCUT2D eigenvalue weighted by Crippen LogP contribution is 2.37. The molecule has 0 bridgehead atoms. The molecule has 2 N–H and O–H groups in total. The molecule has 1 aliphatic heterocycles. The first-order valence-electron chi connectivity index (χ1n) is 12.7. The van der Waals surface area contributed by atoms with E-state index in [1.54, 1.807) is 12.1 Å². The molecule has 184 valence electrons. The molecule has 1 aromatic heterocycles. The number of carbonyl (C=O) groups is 1. The Hall–Kier alpha value is -3.70. The van der Waals surface area contributed by atoms with Gasteiger partial charge in [-0.3, -0.25) is 0 Å². The summed E-state index contributed by atoms with van der Waals surface area (Å²) in [6.45, 7) is 6.21. The van der Waals surface area contributed by atoms with Gasteiger partial charge in [0.2, 0.25) is 0 Å². The van der Waals surface area contributed by atoms with Crippen molar-refractivity contribution in [2.75, 3.05) is 18.0 Å². The predicted octanol–water partition coefficient (Wildman–Crippen LogP) is 6.28. The van der Waals surface area contributed by atoms with Gasteiger partial charge in [0.15, 0.2) is 5.69 Å². The Bertz CT molecular complexity index is 1330. The van der Waals surface area contributed by atoms with Crippen molar-refractivity contribution in [3.8, 4) is 0 Å². The van der Waals surface area contributed by atoms with Gasteiger partial charge in [-0.25, -0.2) is 9.78 Å². The maximum atomic E-state index is 11.5. The quantitative estimate of drug-likeness (QED) is 0.326. The number of nitrogens with zero attached hydrogens (tertiary/aromatic N) is 2. The topological polar surface area (TPSA) is 65.5 Å². The smallest absolute Gasteiger partial charge is 0.354 e. The minimum Gasteiger partial charge on any atom is -0.477 e. The fourth-order valence-electron chi connectivity index (χ4n) is 5.78. The Kier molecular flexibility index (Phi) is 7.01. The molecule has 1 saturated heterocycles. The Balaban J connectivity index is 1.39. The lowest BCUT2D eigenvalue weighted by atomic mass is 9.76. The molecular formula is C31H33N3O2. The zero-order valence-electron chi connectivity index (χ0n) is 20.8. The average Bonchev–Trinajstić information content (AvgIpc) is 2.93. The van der Waals surface area contributed by atoms with E-state index in [0.717, 1.165) is 25.3 Å². The van der Waals surface area contributed by atoms with Crippen LogP contribution in [0.1, 0.15) is 53.8 Å². The minimum atomic E-state index is -0.994. The highest BCUT2D eigenvalue weighted by molar-refractivity contribution is 5.86. The first-order valence-corrected chi connectivity index (χ1v) is 12.7. The van der Waals surface area contributed by atoms with Crippen molar-refractivity contribution < 1.29 is 9.90 Å². The molecule has 5 rings (SSSR count). The predicted molar refractivity (Wildman–Crippen MR) is 146 cm³/mol. The van der Waals surface area contributed by atoms with E-state index in [0.29, 0.717) is 17.9 Å². The number of carboxylic acid groups (broad SMARTS) is 1. The number of benzene rings is 3. The summed E-state index contributed by atoms with van der Waals surface area (Å²) >= 11 is 0. The minimum absolute atomic E-state index is 0.0878. The molecule has 0 aliphatic carbocycles. The van der Waals surface area contributed by atoms with Crippen molar-refractivity contribution in [2.24, 2.45) is 5.92 Å². The van der Waals surface area contributed by atoms with E-state index in [-0.39, 0.29) is 11.7 Å². The zero-order chi connectivity index (χ0) is 25.1. The summed E-state index contributed by atoms with van der Waals surface area (Å²) < 4.78 is 0. The maximum absolute atomic E-state index is 11.5. The third-order valence-electron chi connectivity index (χ3n) is 7.62. The Morgan fingerprint density at radius 3 is 2.47 bits per heavy atom. The summed E-state index contributed by atoms with van der Waals surface area (Å²) in [6, 6.07) is 31.6. The van der Waals surface area contributed by atoms with Gasteiger partial charge in [-0.15, -0.1) is 0 Å². The summed E-state index contributed by atoms with van der Waals surface area (Å²) in [5.74, 6) is 0.479. The Morgan fingerprint density at radius 2 is 1.67 bits per heavy atom. The van der Waals surface area contributed by atoms with Crippen molar-refractivity contribution >= 4 is 22.6 Å². The van der Waals surface area contributed by atoms with Crippen LogP contribution >= 0.6 is 0 Å². The van der Waals surface area contributed by atoms with Crippen LogP contribution in [0.3, 0.4) is 0 Å². The zero-order valence-corrected chi connectivity index (χ0v) is 20.8. The van der Waals surface area contributed by atoms with Crippen molar-refractivity contribution in [3.05, 3.63) is 108 Å². The van der Waals surface area contributed by atoms with E-state index in [1.165, 1.54) is 21.9 Å². The summed E-state index contributed by atoms with van der Waals surface area (Å²) in [4.78, 5) is 18.1. The lowest BCUT2D eigenvalue weighted by Gasteiger charge is -2.43. The van der Waals surface area contributed by atoms with E-state index in [9.17, 15) is 9.90 Å². The molecule has 1 fully saturated rings. The molecular weight excluding hydrogens is 446 g/mol. The molecule has 0 amide bonds. The third kappa shape index (κ3) is 4.98. The van der Waals surface area contributed by atoms with E-state index >= 15 is 0 Å². The summed E-state index contributed by atoms with van der Waals surface area (Å²) in [7, 11) is 0. The number of hydrogen-bond donors (Lipinski definition) is 2. The fourth-order valence-corrected chi connectivity index (χ4v) is 5.78. The van der Waals surface area contributed by atoms with E-state index < -0.39 is 5.97 Å². The number of rotatable bonds is 7. The van der Waals surface area contributed by atoms with Gasteiger partial charge in [0.1, 0.15) is 5.82 Å². The van der Waals surface area contributed by atoms with Crippen molar-refractivity contribution in [1.82, 2.24) is 10.3 Å². The largest absolute Gasteiger partial charge is 0.477 e. The number of pyridine rings is 1. The van der Waals surface area contributed by atoms with Gasteiger partial charge in [0.05, 0.1) is 0 Å². The normalized spacial score (nSPS) is 19.7. The number of piperidine rings is 1. The van der Waals surface area contributed by atoms with Gasteiger partial charge in [0, 0.05) is 31.1 Å². The van der Waals surface area contributed by atoms with Crippen molar-refractivity contribution in [3.63, 3.8) is 0 Å². The Morgan fingerprint density at radius 1 is 0.944 bits per heavy atom. The van der Waals surface area contributed by atoms with Gasteiger partial charge >= 0.3 is 5.97 Å². The molecule has 3 unspecified atom stereocenters. The van der Waals surface area contributed by atoms with Gasteiger partial charge in [-0.2, -0.15) is 0 Å². The van der Waals surface area contributed by atoms with Crippen LogP contribution in [-0.4, -0.2) is 35.2 Å². The molecule has 4 atom stereocenters. The highest BCUT2D eigenvalue weighted by Gasteiger charge is 2.35. The monoisotopic (exact) mass is 479 g/mol. The number of aromatic nitrogens is 1. The first-order chi connectivity index (χ1) is 17.5. The molecule has 1 aliphatic rings. The molecule has 0 saturated carbocycles. The number of carboxylic acids is 1. The molecule has 3 aromatic carbocycles. The second kappa shape index (κ2) is 10.5. The van der Waals surface area contributed by atoms with Crippen molar-refractivity contribution in [2.45, 2.75) is 38.3 Å². The van der Waals surface area contributed by atoms with Crippen LogP contribution in [-0.2, 0) is 0 Å². The van der Waals surface area contributed by atoms with Crippen molar-refractivity contribution in [1.29, 1.82) is 0 Å². The molecule has 5 nitrogen and oxygen atoms in total. The third-order valence-corrected chi connectivity index (χ3v) is 7.62. The summed E-state index contributed by atoms with van der Waals surface area (Å²) in [6.07, 6.45) is 0.995. The van der Waals surface area contributed by atoms with Crippen LogP contribution < -0.4 is 10.2 Å². The molecule has 0 spiro atoms. The second-order valence-electron chi connectivity index (χ2n) is 9.85. The molecule has 0 radical (unpaired) electrons.